The number of nitrogens with one attached hydrogen (secondary N) is 1. The number of carboxylic acids is 1. The molecule has 7 nitrogen and oxygen atoms in total. The quantitative estimate of drug-likeness (QED) is 0.360. The average molecular weight is 416 g/mol. The summed E-state index contributed by atoms with van der Waals surface area (Å²) >= 11 is 0. The maximum Gasteiger partial charge on any atom is 0.337 e. The molecule has 0 saturated heterocycles. The van der Waals surface area contributed by atoms with Crippen molar-refractivity contribution in [3.05, 3.63) is 72.2 Å². The second kappa shape index (κ2) is 6.88. The summed E-state index contributed by atoms with van der Waals surface area (Å²) in [4.78, 5) is 18.5. The summed E-state index contributed by atoms with van der Waals surface area (Å²) in [5.41, 5.74) is 8.94. The van der Waals surface area contributed by atoms with Gasteiger partial charge in [0.25, 0.3) is 6.01 Å². The lowest BCUT2D eigenvalue weighted by Crippen LogP contribution is -2.02. The molecule has 2 aromatic heterocycles. The third-order valence-electron chi connectivity index (χ3n) is 5.21. The largest absolute Gasteiger partial charge is 0.478 e. The first-order chi connectivity index (χ1) is 14.9. The van der Waals surface area contributed by atoms with E-state index in [1.165, 1.54) is 24.3 Å². The van der Waals surface area contributed by atoms with Gasteiger partial charge in [0.15, 0.2) is 0 Å². The molecule has 2 heterocycles. The van der Waals surface area contributed by atoms with Gasteiger partial charge < -0.3 is 25.1 Å². The smallest absolute Gasteiger partial charge is 0.337 e. The van der Waals surface area contributed by atoms with Gasteiger partial charge in [-0.05, 0) is 48.0 Å². The molecule has 154 valence electrons. The average Bonchev–Trinajstić information content (AvgIpc) is 3.30. The second-order valence-electron chi connectivity index (χ2n) is 7.25. The van der Waals surface area contributed by atoms with Gasteiger partial charge in [0.2, 0.25) is 0 Å². The maximum atomic E-state index is 14.9. The zero-order valence-electron chi connectivity index (χ0n) is 16.4. The zero-order chi connectivity index (χ0) is 21.7. The van der Waals surface area contributed by atoms with Crippen LogP contribution >= 0.6 is 0 Å². The third kappa shape index (κ3) is 3.24. The lowest BCUT2D eigenvalue weighted by atomic mass is 10.0. The van der Waals surface area contributed by atoms with E-state index in [2.05, 4.69) is 9.97 Å². The molecule has 5 aromatic rings. The number of rotatable bonds is 4. The Morgan fingerprint density at radius 1 is 1.16 bits per heavy atom. The molecule has 0 saturated carbocycles. The summed E-state index contributed by atoms with van der Waals surface area (Å²) < 4.78 is 22.5. The van der Waals surface area contributed by atoms with Crippen molar-refractivity contribution >= 4 is 33.6 Å². The van der Waals surface area contributed by atoms with E-state index < -0.39 is 11.8 Å². The molecular formula is C23H17FN4O3. The van der Waals surface area contributed by atoms with Crippen molar-refractivity contribution in [2.75, 3.05) is 5.73 Å². The number of nitrogens with zero attached hydrogens (tertiary/aromatic N) is 2. The van der Waals surface area contributed by atoms with Gasteiger partial charge >= 0.3 is 5.97 Å². The summed E-state index contributed by atoms with van der Waals surface area (Å²) in [7, 11) is 1.96. The minimum absolute atomic E-state index is 0.0711. The minimum atomic E-state index is -1.16. The van der Waals surface area contributed by atoms with Crippen LogP contribution in [0.5, 0.6) is 11.8 Å². The number of aromatic carboxylic acids is 1. The summed E-state index contributed by atoms with van der Waals surface area (Å²) in [5.74, 6) is -1.30. The SMILES string of the molecule is Cn1ccc2cc(-c3cc4nc(Oc5ccc(N)c(C(=O)O)c5)[nH]c4cc3F)ccc21. The standard InChI is InChI=1S/C23H17FN4O3/c1-28-7-6-13-8-12(2-5-21(13)28)15-10-19-20(11-17(15)24)27-23(26-19)31-14-3-4-18(25)16(9-14)22(29)30/h2-11H,25H2,1H3,(H,26,27)(H,29,30). The molecule has 0 bridgehead atoms. The fourth-order valence-electron chi connectivity index (χ4n) is 3.62. The van der Waals surface area contributed by atoms with Crippen LogP contribution in [0.15, 0.2) is 60.8 Å². The Balaban J connectivity index is 1.52. The second-order valence-corrected chi connectivity index (χ2v) is 7.25. The van der Waals surface area contributed by atoms with Crippen molar-refractivity contribution < 1.29 is 19.0 Å². The Morgan fingerprint density at radius 3 is 2.81 bits per heavy atom. The number of fused-ring (bicyclic) bond motifs is 2. The third-order valence-corrected chi connectivity index (χ3v) is 5.21. The van der Waals surface area contributed by atoms with Crippen LogP contribution < -0.4 is 10.5 Å². The minimum Gasteiger partial charge on any atom is -0.478 e. The number of aromatic amines is 1. The first kappa shape index (κ1) is 18.7. The number of halogens is 1. The number of anilines is 1. The van der Waals surface area contributed by atoms with Gasteiger partial charge in [-0.2, -0.15) is 4.98 Å². The number of aryl methyl sites for hydroxylation is 1. The first-order valence-electron chi connectivity index (χ1n) is 9.44. The molecule has 0 aliphatic rings. The molecule has 0 unspecified atom stereocenters. The molecule has 31 heavy (non-hydrogen) atoms. The van der Waals surface area contributed by atoms with Gasteiger partial charge in [0.05, 0.1) is 16.6 Å². The van der Waals surface area contributed by atoms with E-state index in [9.17, 15) is 14.3 Å². The van der Waals surface area contributed by atoms with Crippen molar-refractivity contribution in [2.24, 2.45) is 7.05 Å². The summed E-state index contributed by atoms with van der Waals surface area (Å²) in [5, 5.41) is 10.2. The van der Waals surface area contributed by atoms with Gasteiger partial charge in [0.1, 0.15) is 11.6 Å². The van der Waals surface area contributed by atoms with Gasteiger partial charge in [-0.25, -0.2) is 9.18 Å². The Kier molecular flexibility index (Phi) is 4.14. The van der Waals surface area contributed by atoms with Crippen LogP contribution in [0, 0.1) is 5.82 Å². The van der Waals surface area contributed by atoms with Crippen LogP contribution in [0.25, 0.3) is 33.1 Å². The fraction of sp³-hybridized carbons (Fsp3) is 0.0435. The molecule has 0 aliphatic carbocycles. The number of nitrogen functional groups attached to an aromatic ring is 1. The summed E-state index contributed by atoms with van der Waals surface area (Å²) in [6, 6.07) is 15.2. The lowest BCUT2D eigenvalue weighted by Gasteiger charge is -2.05. The lowest BCUT2D eigenvalue weighted by molar-refractivity contribution is 0.0697. The van der Waals surface area contributed by atoms with Gasteiger partial charge in [0, 0.05) is 41.5 Å². The molecule has 4 N–H and O–H groups in total. The van der Waals surface area contributed by atoms with E-state index in [1.807, 2.05) is 42.1 Å². The Bertz CT molecular complexity index is 1490. The zero-order valence-corrected chi connectivity index (χ0v) is 16.4. The van der Waals surface area contributed by atoms with Gasteiger partial charge in [-0.1, -0.05) is 6.07 Å². The van der Waals surface area contributed by atoms with Crippen LogP contribution in [-0.4, -0.2) is 25.6 Å². The van der Waals surface area contributed by atoms with Crippen LogP contribution in [0.4, 0.5) is 10.1 Å². The fourth-order valence-corrected chi connectivity index (χ4v) is 3.62. The van der Waals surface area contributed by atoms with Crippen LogP contribution in [0.2, 0.25) is 0 Å². The van der Waals surface area contributed by atoms with E-state index in [4.69, 9.17) is 10.5 Å². The van der Waals surface area contributed by atoms with Crippen molar-refractivity contribution in [2.45, 2.75) is 0 Å². The topological polar surface area (TPSA) is 106 Å². The number of H-pyrrole nitrogens is 1. The first-order valence-corrected chi connectivity index (χ1v) is 9.44. The Hall–Kier alpha value is -4.33. The highest BCUT2D eigenvalue weighted by atomic mass is 19.1. The molecule has 0 radical (unpaired) electrons. The normalized spacial score (nSPS) is 11.3. The van der Waals surface area contributed by atoms with Gasteiger partial charge in [-0.15, -0.1) is 0 Å². The molecule has 3 aromatic carbocycles. The van der Waals surface area contributed by atoms with E-state index in [0.29, 0.717) is 16.6 Å². The highest BCUT2D eigenvalue weighted by Gasteiger charge is 2.14. The van der Waals surface area contributed by atoms with E-state index >= 15 is 0 Å². The van der Waals surface area contributed by atoms with E-state index in [1.54, 1.807) is 6.07 Å². The predicted octanol–water partition coefficient (Wildman–Crippen LogP) is 4.93. The number of benzene rings is 3. The molecule has 0 fully saturated rings. The monoisotopic (exact) mass is 416 g/mol. The Morgan fingerprint density at radius 2 is 2.00 bits per heavy atom. The highest BCUT2D eigenvalue weighted by Crippen LogP contribution is 2.31. The number of imidazole rings is 1. The Labute approximate surface area is 175 Å². The summed E-state index contributed by atoms with van der Waals surface area (Å²) in [6.45, 7) is 0. The van der Waals surface area contributed by atoms with Crippen LogP contribution in [0.3, 0.4) is 0 Å². The molecule has 8 heteroatoms. The number of hydrogen-bond donors (Lipinski definition) is 3. The highest BCUT2D eigenvalue weighted by molar-refractivity contribution is 5.94. The number of aromatic nitrogens is 3. The van der Waals surface area contributed by atoms with Crippen LogP contribution in [-0.2, 0) is 7.05 Å². The van der Waals surface area contributed by atoms with Crippen LogP contribution in [0.1, 0.15) is 10.4 Å². The molecule has 5 rings (SSSR count). The number of hydrogen-bond acceptors (Lipinski definition) is 4. The number of nitrogens with two attached hydrogens (primary N) is 1. The number of carboxylic acid groups (broad SMARTS) is 1. The number of ether oxygens (including phenoxy) is 1. The molecular weight excluding hydrogens is 399 g/mol. The maximum absolute atomic E-state index is 14.9. The molecule has 0 atom stereocenters. The van der Waals surface area contributed by atoms with Crippen molar-refractivity contribution in [1.29, 1.82) is 0 Å². The molecule has 0 aliphatic heterocycles. The van der Waals surface area contributed by atoms with Gasteiger partial charge in [-0.3, -0.25) is 0 Å². The number of carbonyl (C=O) groups is 1. The van der Waals surface area contributed by atoms with E-state index in [-0.39, 0.29) is 23.0 Å². The van der Waals surface area contributed by atoms with E-state index in [0.717, 1.165) is 16.5 Å². The molecule has 0 amide bonds. The molecule has 0 spiro atoms. The van der Waals surface area contributed by atoms with Crippen molar-refractivity contribution in [3.63, 3.8) is 0 Å². The van der Waals surface area contributed by atoms with Crippen molar-refractivity contribution in [1.82, 2.24) is 14.5 Å². The summed E-state index contributed by atoms with van der Waals surface area (Å²) in [6.07, 6.45) is 1.96. The predicted molar refractivity (Wildman–Crippen MR) is 116 cm³/mol. The van der Waals surface area contributed by atoms with Crippen molar-refractivity contribution in [3.8, 4) is 22.9 Å².